The van der Waals surface area contributed by atoms with E-state index >= 15 is 0 Å². The van der Waals surface area contributed by atoms with Gasteiger partial charge in [0.1, 0.15) is 0 Å². The van der Waals surface area contributed by atoms with Crippen LogP contribution in [0.4, 0.5) is 0 Å². The summed E-state index contributed by atoms with van der Waals surface area (Å²) < 4.78 is 15.7. The SMILES string of the molecule is CC1[C@H](OP=O)[C@H](C(=O)O)[C@H]2CC[C@@H]1N2C. The Morgan fingerprint density at radius 2 is 2.06 bits per heavy atom. The standard InChI is InChI=1S/C10H16NO4P/c1-5-6-3-4-7(11(6)2)8(10(12)13)9(5)15-16-14/h5-9H,3-4H2,1-2H3,(H,12,13)/t5?,6-,7+,8+,9-/m0/s1. The van der Waals surface area contributed by atoms with Crippen LogP contribution in [-0.2, 0) is 13.9 Å². The van der Waals surface area contributed by atoms with Gasteiger partial charge in [-0.25, -0.2) is 4.57 Å². The lowest BCUT2D eigenvalue weighted by Gasteiger charge is -2.43. The number of nitrogens with zero attached hydrogens (tertiary/aromatic N) is 1. The van der Waals surface area contributed by atoms with Crippen molar-refractivity contribution < 1.29 is 19.0 Å². The van der Waals surface area contributed by atoms with E-state index in [2.05, 4.69) is 4.90 Å². The Bertz CT molecular complexity index is 311. The number of hydrogen-bond donors (Lipinski definition) is 1. The molecule has 2 heterocycles. The van der Waals surface area contributed by atoms with Crippen molar-refractivity contribution >= 4 is 14.7 Å². The van der Waals surface area contributed by atoms with Gasteiger partial charge >= 0.3 is 14.7 Å². The summed E-state index contributed by atoms with van der Waals surface area (Å²) in [7, 11) is 1.55. The second kappa shape index (κ2) is 4.40. The van der Waals surface area contributed by atoms with Gasteiger partial charge in [-0.15, -0.1) is 0 Å². The van der Waals surface area contributed by atoms with Crippen LogP contribution in [0.2, 0.25) is 0 Å². The van der Waals surface area contributed by atoms with Gasteiger partial charge in [0, 0.05) is 12.1 Å². The van der Waals surface area contributed by atoms with E-state index in [1.165, 1.54) is 0 Å². The maximum absolute atomic E-state index is 11.3. The van der Waals surface area contributed by atoms with Crippen LogP contribution >= 0.6 is 8.69 Å². The third-order valence-electron chi connectivity index (χ3n) is 4.15. The minimum absolute atomic E-state index is 0.0189. The summed E-state index contributed by atoms with van der Waals surface area (Å²) in [5.41, 5.74) is 0. The monoisotopic (exact) mass is 245 g/mol. The van der Waals surface area contributed by atoms with Crippen molar-refractivity contribution in [3.05, 3.63) is 0 Å². The van der Waals surface area contributed by atoms with Gasteiger partial charge in [0.15, 0.2) is 0 Å². The Morgan fingerprint density at radius 3 is 2.62 bits per heavy atom. The number of piperidine rings is 1. The molecule has 2 aliphatic rings. The van der Waals surface area contributed by atoms with Crippen LogP contribution in [0, 0.1) is 11.8 Å². The molecule has 16 heavy (non-hydrogen) atoms. The number of carboxylic acid groups (broad SMARTS) is 1. The Morgan fingerprint density at radius 1 is 1.44 bits per heavy atom. The Labute approximate surface area is 96.0 Å². The molecule has 2 bridgehead atoms. The van der Waals surface area contributed by atoms with Gasteiger partial charge in [0.25, 0.3) is 0 Å². The summed E-state index contributed by atoms with van der Waals surface area (Å²) in [6.45, 7) is 1.98. The molecule has 1 unspecified atom stereocenters. The van der Waals surface area contributed by atoms with E-state index in [0.29, 0.717) is 6.04 Å². The van der Waals surface area contributed by atoms with Crippen LogP contribution in [0.5, 0.6) is 0 Å². The quantitative estimate of drug-likeness (QED) is 0.761. The molecule has 0 amide bonds. The molecule has 2 saturated heterocycles. The van der Waals surface area contributed by atoms with Gasteiger partial charge in [0.05, 0.1) is 12.0 Å². The molecule has 6 heteroatoms. The molecule has 2 rings (SSSR count). The first-order valence-corrected chi connectivity index (χ1v) is 6.24. The van der Waals surface area contributed by atoms with Crippen molar-refractivity contribution in [2.24, 2.45) is 11.8 Å². The van der Waals surface area contributed by atoms with E-state index in [0.717, 1.165) is 12.8 Å². The Kier molecular flexibility index (Phi) is 3.29. The van der Waals surface area contributed by atoms with Crippen molar-refractivity contribution in [1.29, 1.82) is 0 Å². The molecule has 0 aliphatic carbocycles. The van der Waals surface area contributed by atoms with Crippen LogP contribution in [-0.4, -0.2) is 41.2 Å². The Balaban J connectivity index is 2.29. The molecule has 1 N–H and O–H groups in total. The van der Waals surface area contributed by atoms with Crippen molar-refractivity contribution in [3.63, 3.8) is 0 Å². The molecular weight excluding hydrogens is 229 g/mol. The minimum Gasteiger partial charge on any atom is -0.481 e. The van der Waals surface area contributed by atoms with E-state index in [-0.39, 0.29) is 12.0 Å². The fraction of sp³-hybridized carbons (Fsp3) is 0.900. The maximum Gasteiger partial charge on any atom is 0.327 e. The van der Waals surface area contributed by atoms with E-state index < -0.39 is 26.7 Å². The highest BCUT2D eigenvalue weighted by molar-refractivity contribution is 7.17. The molecule has 2 aliphatic heterocycles. The molecular formula is C10H16NO4P. The largest absolute Gasteiger partial charge is 0.481 e. The summed E-state index contributed by atoms with van der Waals surface area (Å²) >= 11 is 0. The second-order valence-electron chi connectivity index (χ2n) is 4.75. The van der Waals surface area contributed by atoms with E-state index in [1.807, 2.05) is 14.0 Å². The van der Waals surface area contributed by atoms with Crippen LogP contribution in [0.1, 0.15) is 19.8 Å². The first-order valence-electron chi connectivity index (χ1n) is 5.51. The summed E-state index contributed by atoms with van der Waals surface area (Å²) in [5, 5.41) is 9.28. The molecule has 0 aromatic rings. The molecule has 5 nitrogen and oxygen atoms in total. The minimum atomic E-state index is -0.849. The maximum atomic E-state index is 11.3. The Hall–Kier alpha value is -0.510. The zero-order valence-electron chi connectivity index (χ0n) is 9.37. The van der Waals surface area contributed by atoms with Crippen molar-refractivity contribution in [1.82, 2.24) is 4.90 Å². The zero-order chi connectivity index (χ0) is 11.9. The summed E-state index contributed by atoms with van der Waals surface area (Å²) in [5.74, 6) is -1.32. The predicted molar refractivity (Wildman–Crippen MR) is 57.3 cm³/mol. The third-order valence-corrected chi connectivity index (χ3v) is 4.48. The number of rotatable bonds is 3. The van der Waals surface area contributed by atoms with Crippen molar-refractivity contribution in [2.45, 2.75) is 38.0 Å². The lowest BCUT2D eigenvalue weighted by Crippen LogP contribution is -2.56. The molecule has 0 saturated carbocycles. The third kappa shape index (κ3) is 1.67. The highest BCUT2D eigenvalue weighted by atomic mass is 31.1. The number of carbonyl (C=O) groups is 1. The number of aliphatic carboxylic acids is 1. The predicted octanol–water partition coefficient (Wildman–Crippen LogP) is 1.39. The van der Waals surface area contributed by atoms with Crippen molar-refractivity contribution in [3.8, 4) is 0 Å². The molecule has 0 aromatic carbocycles. The molecule has 2 fully saturated rings. The lowest BCUT2D eigenvalue weighted by atomic mass is 9.81. The molecule has 90 valence electrons. The fourth-order valence-corrected chi connectivity index (χ4v) is 3.77. The summed E-state index contributed by atoms with van der Waals surface area (Å²) in [6.07, 6.45) is 1.45. The van der Waals surface area contributed by atoms with Gasteiger partial charge in [-0.3, -0.25) is 14.2 Å². The second-order valence-corrected chi connectivity index (χ2v) is 5.11. The number of carboxylic acids is 1. The topological polar surface area (TPSA) is 66.8 Å². The van der Waals surface area contributed by atoms with Crippen LogP contribution in [0.25, 0.3) is 0 Å². The molecule has 0 spiro atoms. The van der Waals surface area contributed by atoms with Crippen LogP contribution in [0.15, 0.2) is 0 Å². The molecule has 0 aromatic heterocycles. The lowest BCUT2D eigenvalue weighted by molar-refractivity contribution is -0.153. The summed E-state index contributed by atoms with van der Waals surface area (Å²) in [6, 6.07) is 0.373. The van der Waals surface area contributed by atoms with E-state index in [4.69, 9.17) is 4.52 Å². The average molecular weight is 245 g/mol. The first kappa shape index (κ1) is 12.0. The number of hydrogen-bond acceptors (Lipinski definition) is 4. The smallest absolute Gasteiger partial charge is 0.327 e. The van der Waals surface area contributed by atoms with Gasteiger partial charge in [-0.1, -0.05) is 6.92 Å². The van der Waals surface area contributed by atoms with Gasteiger partial charge in [-0.05, 0) is 25.8 Å². The first-order chi connectivity index (χ1) is 7.57. The molecule has 5 atom stereocenters. The van der Waals surface area contributed by atoms with E-state index in [9.17, 15) is 14.5 Å². The number of fused-ring (bicyclic) bond motifs is 2. The van der Waals surface area contributed by atoms with Crippen LogP contribution in [0.3, 0.4) is 0 Å². The average Bonchev–Trinajstić information content (AvgIpc) is 2.51. The normalized spacial score (nSPS) is 43.8. The highest BCUT2D eigenvalue weighted by Crippen LogP contribution is 2.43. The van der Waals surface area contributed by atoms with Gasteiger partial charge in [-0.2, -0.15) is 0 Å². The van der Waals surface area contributed by atoms with E-state index in [1.54, 1.807) is 0 Å². The van der Waals surface area contributed by atoms with Gasteiger partial charge in [0.2, 0.25) is 0 Å². The summed E-state index contributed by atoms with van der Waals surface area (Å²) in [4.78, 5) is 13.5. The molecule has 0 radical (unpaired) electrons. The zero-order valence-corrected chi connectivity index (χ0v) is 10.3. The van der Waals surface area contributed by atoms with Gasteiger partial charge < -0.3 is 5.11 Å². The fourth-order valence-electron chi connectivity index (χ4n) is 3.34. The van der Waals surface area contributed by atoms with Crippen LogP contribution < -0.4 is 0 Å². The highest BCUT2D eigenvalue weighted by Gasteiger charge is 2.53. The van der Waals surface area contributed by atoms with Crippen molar-refractivity contribution in [2.75, 3.05) is 7.05 Å².